The predicted molar refractivity (Wildman–Crippen MR) is 127 cm³/mol. The number of carbonyl (C=O) groups excluding carboxylic acids is 2. The number of rotatable bonds is 6. The molecule has 7 nitrogen and oxygen atoms in total. The summed E-state index contributed by atoms with van der Waals surface area (Å²) in [6.07, 6.45) is 3.10. The van der Waals surface area contributed by atoms with Crippen molar-refractivity contribution in [2.24, 2.45) is 0 Å². The smallest absolute Gasteiger partial charge is 0.296 e. The number of furan rings is 1. The van der Waals surface area contributed by atoms with E-state index in [1.54, 1.807) is 42.6 Å². The van der Waals surface area contributed by atoms with Gasteiger partial charge in [0.15, 0.2) is 0 Å². The fourth-order valence-corrected chi connectivity index (χ4v) is 4.15. The molecule has 1 fully saturated rings. The van der Waals surface area contributed by atoms with Crippen LogP contribution in [0.15, 0.2) is 71.0 Å². The third-order valence-electron chi connectivity index (χ3n) is 5.77. The van der Waals surface area contributed by atoms with Crippen LogP contribution in [-0.2, 0) is 21.5 Å². The Morgan fingerprint density at radius 1 is 1.15 bits per heavy atom. The second kappa shape index (κ2) is 9.17. The van der Waals surface area contributed by atoms with Gasteiger partial charge in [0.1, 0.15) is 23.3 Å². The molecule has 176 valence electrons. The second-order valence-electron chi connectivity index (χ2n) is 9.16. The summed E-state index contributed by atoms with van der Waals surface area (Å²) in [6.45, 7) is 8.65. The van der Waals surface area contributed by atoms with Crippen molar-refractivity contribution in [3.05, 3.63) is 89.1 Å². The van der Waals surface area contributed by atoms with Crippen molar-refractivity contribution in [2.75, 3.05) is 6.61 Å². The summed E-state index contributed by atoms with van der Waals surface area (Å²) in [5.41, 5.74) is 1.65. The van der Waals surface area contributed by atoms with E-state index in [4.69, 9.17) is 9.15 Å². The predicted octanol–water partition coefficient (Wildman–Crippen LogP) is 4.99. The van der Waals surface area contributed by atoms with Crippen LogP contribution in [0, 0.1) is 0 Å². The second-order valence-corrected chi connectivity index (χ2v) is 9.16. The molecular formula is C27H28N2O5. The van der Waals surface area contributed by atoms with E-state index < -0.39 is 17.7 Å². The Kier molecular flexibility index (Phi) is 6.28. The summed E-state index contributed by atoms with van der Waals surface area (Å²) in [4.78, 5) is 31.9. The molecule has 3 heterocycles. The van der Waals surface area contributed by atoms with Crippen molar-refractivity contribution >= 4 is 17.4 Å². The number of Topliss-reactive ketones (excluding diaryl/α,β-unsaturated/α-hetero) is 1. The van der Waals surface area contributed by atoms with Crippen molar-refractivity contribution in [1.29, 1.82) is 0 Å². The van der Waals surface area contributed by atoms with Gasteiger partial charge in [-0.25, -0.2) is 0 Å². The Morgan fingerprint density at radius 2 is 1.94 bits per heavy atom. The number of benzene rings is 1. The van der Waals surface area contributed by atoms with Gasteiger partial charge in [-0.15, -0.1) is 0 Å². The minimum Gasteiger partial charge on any atom is -0.507 e. The molecule has 1 atom stereocenters. The molecule has 1 aliphatic rings. The number of ketones is 1. The molecule has 1 N–H and O–H groups in total. The van der Waals surface area contributed by atoms with Gasteiger partial charge in [-0.1, -0.05) is 26.8 Å². The minimum absolute atomic E-state index is 0.0140. The van der Waals surface area contributed by atoms with Gasteiger partial charge in [0, 0.05) is 17.3 Å². The first-order chi connectivity index (χ1) is 16.2. The van der Waals surface area contributed by atoms with Crippen molar-refractivity contribution < 1.29 is 23.8 Å². The normalized spacial score (nSPS) is 17.9. The van der Waals surface area contributed by atoms with E-state index in [0.717, 1.165) is 5.56 Å². The molecule has 1 amide bonds. The average molecular weight is 461 g/mol. The van der Waals surface area contributed by atoms with Crippen LogP contribution in [0.1, 0.15) is 56.3 Å². The third-order valence-corrected chi connectivity index (χ3v) is 5.77. The van der Waals surface area contributed by atoms with Gasteiger partial charge in [0.05, 0.1) is 30.7 Å². The zero-order valence-electron chi connectivity index (χ0n) is 19.7. The highest BCUT2D eigenvalue weighted by molar-refractivity contribution is 6.46. The van der Waals surface area contributed by atoms with E-state index in [1.807, 2.05) is 39.8 Å². The molecule has 1 aromatic carbocycles. The molecule has 0 aliphatic carbocycles. The van der Waals surface area contributed by atoms with Crippen LogP contribution >= 0.6 is 0 Å². The number of carbonyl (C=O) groups is 2. The maximum atomic E-state index is 13.2. The van der Waals surface area contributed by atoms with Gasteiger partial charge < -0.3 is 19.2 Å². The number of hydrogen-bond donors (Lipinski definition) is 1. The van der Waals surface area contributed by atoms with E-state index in [1.165, 1.54) is 11.2 Å². The molecule has 4 rings (SSSR count). The highest BCUT2D eigenvalue weighted by Crippen LogP contribution is 2.41. The van der Waals surface area contributed by atoms with Crippen LogP contribution in [-0.4, -0.2) is 33.3 Å². The summed E-state index contributed by atoms with van der Waals surface area (Å²) in [5.74, 6) is -0.628. The van der Waals surface area contributed by atoms with Crippen molar-refractivity contribution in [3.63, 3.8) is 0 Å². The van der Waals surface area contributed by atoms with E-state index in [-0.39, 0.29) is 23.3 Å². The van der Waals surface area contributed by atoms with Gasteiger partial charge >= 0.3 is 0 Å². The fraction of sp³-hybridized carbons (Fsp3) is 0.296. The van der Waals surface area contributed by atoms with Crippen LogP contribution in [0.2, 0.25) is 0 Å². The summed E-state index contributed by atoms with van der Waals surface area (Å²) < 4.78 is 11.4. The monoisotopic (exact) mass is 460 g/mol. The zero-order chi connectivity index (χ0) is 24.5. The average Bonchev–Trinajstić information content (AvgIpc) is 3.42. The number of aliphatic hydroxyl groups excluding tert-OH is 1. The number of aromatic nitrogens is 1. The highest BCUT2D eigenvalue weighted by atomic mass is 16.5. The lowest BCUT2D eigenvalue weighted by atomic mass is 9.84. The largest absolute Gasteiger partial charge is 0.507 e. The maximum Gasteiger partial charge on any atom is 0.296 e. The Labute approximate surface area is 198 Å². The van der Waals surface area contributed by atoms with Crippen molar-refractivity contribution in [1.82, 2.24) is 9.88 Å². The molecule has 34 heavy (non-hydrogen) atoms. The summed E-state index contributed by atoms with van der Waals surface area (Å²) in [7, 11) is 0. The summed E-state index contributed by atoms with van der Waals surface area (Å²) in [6, 6.07) is 13.2. The third kappa shape index (κ3) is 4.33. The molecule has 3 aromatic rings. The number of aliphatic hydroxyl groups is 1. The van der Waals surface area contributed by atoms with Crippen LogP contribution in [0.4, 0.5) is 0 Å². The van der Waals surface area contributed by atoms with E-state index in [2.05, 4.69) is 4.98 Å². The quantitative estimate of drug-likeness (QED) is 0.316. The van der Waals surface area contributed by atoms with Gasteiger partial charge in [0.2, 0.25) is 0 Å². The van der Waals surface area contributed by atoms with Gasteiger partial charge in [-0.05, 0) is 54.8 Å². The Bertz CT molecular complexity index is 1220. The number of pyridine rings is 1. The lowest BCUT2D eigenvalue weighted by molar-refractivity contribution is -0.140. The standard InChI is InChI=1S/C27H28N2O5/c1-5-33-20-12-11-17(15-19(20)27(2,3)4)24(30)22-23(21-10-8-14-34-21)29(26(32)25(22)31)16-18-9-6-7-13-28-18/h6-15,23,30H,5,16H2,1-4H3/b24-22-. The molecule has 1 saturated heterocycles. The van der Waals surface area contributed by atoms with Crippen LogP contribution < -0.4 is 4.74 Å². The number of ether oxygens (including phenoxy) is 1. The number of nitrogens with zero attached hydrogens (tertiary/aromatic N) is 2. The molecule has 0 radical (unpaired) electrons. The SMILES string of the molecule is CCOc1ccc(/C(O)=C2/C(=O)C(=O)N(Cc3ccccn3)C2c2ccco2)cc1C(C)(C)C. The van der Waals surface area contributed by atoms with Crippen LogP contribution in [0.3, 0.4) is 0 Å². The van der Waals surface area contributed by atoms with E-state index >= 15 is 0 Å². The number of hydrogen-bond acceptors (Lipinski definition) is 6. The lowest BCUT2D eigenvalue weighted by Gasteiger charge is -2.24. The first-order valence-corrected chi connectivity index (χ1v) is 11.2. The van der Waals surface area contributed by atoms with Crippen molar-refractivity contribution in [3.8, 4) is 5.75 Å². The Hall–Kier alpha value is -3.87. The van der Waals surface area contributed by atoms with Gasteiger partial charge in [-0.3, -0.25) is 14.6 Å². The lowest BCUT2D eigenvalue weighted by Crippen LogP contribution is -2.29. The van der Waals surface area contributed by atoms with Crippen LogP contribution in [0.5, 0.6) is 5.75 Å². The van der Waals surface area contributed by atoms with Gasteiger partial charge in [0.25, 0.3) is 11.7 Å². The zero-order valence-corrected chi connectivity index (χ0v) is 19.7. The molecule has 7 heteroatoms. The highest BCUT2D eigenvalue weighted by Gasteiger charge is 2.47. The molecule has 0 spiro atoms. The molecule has 2 aromatic heterocycles. The van der Waals surface area contributed by atoms with E-state index in [9.17, 15) is 14.7 Å². The van der Waals surface area contributed by atoms with Crippen molar-refractivity contribution in [2.45, 2.75) is 45.7 Å². The maximum absolute atomic E-state index is 13.2. The molecular weight excluding hydrogens is 432 g/mol. The summed E-state index contributed by atoms with van der Waals surface area (Å²) in [5, 5.41) is 11.4. The molecule has 1 unspecified atom stereocenters. The first-order valence-electron chi connectivity index (χ1n) is 11.2. The summed E-state index contributed by atoms with van der Waals surface area (Å²) >= 11 is 0. The molecule has 0 bridgehead atoms. The topological polar surface area (TPSA) is 92.9 Å². The van der Waals surface area contributed by atoms with Crippen LogP contribution in [0.25, 0.3) is 5.76 Å². The van der Waals surface area contributed by atoms with E-state index in [0.29, 0.717) is 29.4 Å². The molecule has 0 saturated carbocycles. The molecule has 1 aliphatic heterocycles. The minimum atomic E-state index is -0.873. The first kappa shape index (κ1) is 23.3. The Morgan fingerprint density at radius 3 is 2.56 bits per heavy atom. The Balaban J connectivity index is 1.85. The van der Waals surface area contributed by atoms with Gasteiger partial charge in [-0.2, -0.15) is 0 Å². The number of likely N-dealkylation sites (tertiary alicyclic amines) is 1. The number of amides is 1. The fourth-order valence-electron chi connectivity index (χ4n) is 4.15.